The van der Waals surface area contributed by atoms with Gasteiger partial charge >= 0.3 is 5.97 Å². The van der Waals surface area contributed by atoms with E-state index in [4.69, 9.17) is 9.47 Å². The van der Waals surface area contributed by atoms with Crippen LogP contribution in [0, 0.1) is 0 Å². The van der Waals surface area contributed by atoms with Crippen molar-refractivity contribution in [1.82, 2.24) is 0 Å². The minimum absolute atomic E-state index is 0.242. The molecule has 0 aliphatic carbocycles. The Morgan fingerprint density at radius 1 is 0.588 bits per heavy atom. The largest absolute Gasteiger partial charge is 0.493 e. The smallest absolute Gasteiger partial charge is 0.379 e. The first-order chi connectivity index (χ1) is 16.6. The van der Waals surface area contributed by atoms with Gasteiger partial charge in [0.05, 0.1) is 20.3 Å². The number of methoxy groups -OCH3 is 1. The fourth-order valence-electron chi connectivity index (χ4n) is 3.93. The van der Waals surface area contributed by atoms with E-state index >= 15 is 0 Å². The van der Waals surface area contributed by atoms with Crippen molar-refractivity contribution < 1.29 is 23.8 Å². The van der Waals surface area contributed by atoms with Gasteiger partial charge in [0.15, 0.2) is 0 Å². The number of ether oxygens (including phenoxy) is 3. The van der Waals surface area contributed by atoms with Crippen LogP contribution in [-0.2, 0) is 9.53 Å². The average Bonchev–Trinajstić information content (AvgIpc) is 2.85. The molecule has 0 saturated heterocycles. The summed E-state index contributed by atoms with van der Waals surface area (Å²) in [5.41, 5.74) is 0.242. The van der Waals surface area contributed by atoms with Crippen LogP contribution in [0.5, 0.6) is 11.5 Å². The van der Waals surface area contributed by atoms with Gasteiger partial charge < -0.3 is 14.2 Å². The molecule has 0 atom stereocenters. The van der Waals surface area contributed by atoms with E-state index in [9.17, 15) is 9.59 Å². The van der Waals surface area contributed by atoms with Crippen molar-refractivity contribution in [3.05, 3.63) is 23.8 Å². The number of benzene rings is 1. The van der Waals surface area contributed by atoms with Crippen LogP contribution in [-0.4, -0.2) is 32.1 Å². The second-order valence-corrected chi connectivity index (χ2v) is 9.16. The molecule has 0 N–H and O–H groups in total. The SMILES string of the molecule is CCCCCCCCCCOc1cc(OCCCCCCCCCC)cc(C(=O)C(=O)OC)c1. The molecule has 0 spiro atoms. The molecule has 0 aliphatic heterocycles. The van der Waals surface area contributed by atoms with E-state index in [2.05, 4.69) is 18.6 Å². The van der Waals surface area contributed by atoms with Crippen LogP contribution in [0.15, 0.2) is 18.2 Å². The van der Waals surface area contributed by atoms with Crippen LogP contribution in [0.3, 0.4) is 0 Å². The molecule has 5 nitrogen and oxygen atoms in total. The predicted octanol–water partition coefficient (Wildman–Crippen LogP) is 8.08. The zero-order valence-electron chi connectivity index (χ0n) is 22.0. The highest BCUT2D eigenvalue weighted by Crippen LogP contribution is 2.25. The van der Waals surface area contributed by atoms with Gasteiger partial charge in [-0.1, -0.05) is 104 Å². The number of unbranched alkanes of at least 4 members (excludes halogenated alkanes) is 14. The highest BCUT2D eigenvalue weighted by Gasteiger charge is 2.19. The molecular weight excluding hydrogens is 428 g/mol. The monoisotopic (exact) mass is 476 g/mol. The van der Waals surface area contributed by atoms with E-state index in [0.29, 0.717) is 24.7 Å². The molecule has 0 amide bonds. The molecule has 5 heteroatoms. The molecule has 0 aliphatic rings. The lowest BCUT2D eigenvalue weighted by Gasteiger charge is -2.12. The van der Waals surface area contributed by atoms with E-state index in [1.807, 2.05) is 6.07 Å². The first-order valence-corrected chi connectivity index (χ1v) is 13.7. The normalized spacial score (nSPS) is 10.8. The van der Waals surface area contributed by atoms with Gasteiger partial charge in [0.25, 0.3) is 5.78 Å². The van der Waals surface area contributed by atoms with Gasteiger partial charge in [0.2, 0.25) is 0 Å². The Balaban J connectivity index is 2.47. The number of hydrogen-bond acceptors (Lipinski definition) is 5. The number of ketones is 1. The van der Waals surface area contributed by atoms with Crippen LogP contribution < -0.4 is 9.47 Å². The zero-order valence-corrected chi connectivity index (χ0v) is 22.0. The van der Waals surface area contributed by atoms with Gasteiger partial charge in [-0.15, -0.1) is 0 Å². The van der Waals surface area contributed by atoms with Crippen LogP contribution >= 0.6 is 0 Å². The third kappa shape index (κ3) is 14.3. The Hall–Kier alpha value is -2.04. The molecule has 0 radical (unpaired) electrons. The summed E-state index contributed by atoms with van der Waals surface area (Å²) in [6.07, 6.45) is 19.7. The summed E-state index contributed by atoms with van der Waals surface area (Å²) < 4.78 is 16.4. The Kier molecular flexibility index (Phi) is 17.9. The molecule has 0 bridgehead atoms. The van der Waals surface area contributed by atoms with Crippen molar-refractivity contribution in [2.24, 2.45) is 0 Å². The standard InChI is InChI=1S/C29H48O5/c1-4-6-8-10-12-14-16-18-20-33-26-22-25(28(30)29(31)32-3)23-27(24-26)34-21-19-17-15-13-11-9-7-5-2/h22-24H,4-21H2,1-3H3. The van der Waals surface area contributed by atoms with Crippen molar-refractivity contribution >= 4 is 11.8 Å². The topological polar surface area (TPSA) is 61.8 Å². The summed E-state index contributed by atoms with van der Waals surface area (Å²) in [5.74, 6) is -0.446. The molecule has 0 heterocycles. The lowest BCUT2D eigenvalue weighted by Crippen LogP contribution is -2.16. The number of esters is 1. The van der Waals surface area contributed by atoms with Gasteiger partial charge in [-0.05, 0) is 25.0 Å². The number of carbonyl (C=O) groups is 2. The molecule has 0 unspecified atom stereocenters. The molecule has 0 fully saturated rings. The number of Topliss-reactive ketones (excluding diaryl/α,β-unsaturated/α-hetero) is 1. The highest BCUT2D eigenvalue weighted by atomic mass is 16.5. The quantitative estimate of drug-likeness (QED) is 0.0732. The van der Waals surface area contributed by atoms with E-state index in [1.165, 1.54) is 84.2 Å². The molecule has 1 aromatic carbocycles. The number of hydrogen-bond donors (Lipinski definition) is 0. The van der Waals surface area contributed by atoms with Crippen molar-refractivity contribution in [3.8, 4) is 11.5 Å². The van der Waals surface area contributed by atoms with Gasteiger partial charge in [-0.2, -0.15) is 0 Å². The van der Waals surface area contributed by atoms with Gasteiger partial charge in [0.1, 0.15) is 11.5 Å². The summed E-state index contributed by atoms with van der Waals surface area (Å²) in [6.45, 7) is 5.64. The Bertz CT molecular complexity index is 630. The van der Waals surface area contributed by atoms with E-state index < -0.39 is 11.8 Å². The van der Waals surface area contributed by atoms with E-state index in [1.54, 1.807) is 12.1 Å². The minimum atomic E-state index is -0.880. The van der Waals surface area contributed by atoms with Crippen LogP contribution in [0.4, 0.5) is 0 Å². The maximum atomic E-state index is 12.3. The van der Waals surface area contributed by atoms with Gasteiger partial charge in [-0.25, -0.2) is 4.79 Å². The highest BCUT2D eigenvalue weighted by molar-refractivity contribution is 6.40. The maximum absolute atomic E-state index is 12.3. The molecule has 1 aromatic rings. The van der Waals surface area contributed by atoms with E-state index in [0.717, 1.165) is 25.7 Å². The molecule has 34 heavy (non-hydrogen) atoms. The number of carbonyl (C=O) groups excluding carboxylic acids is 2. The molecule has 0 saturated carbocycles. The first-order valence-electron chi connectivity index (χ1n) is 13.7. The third-order valence-electron chi connectivity index (χ3n) is 6.05. The predicted molar refractivity (Wildman–Crippen MR) is 139 cm³/mol. The van der Waals surface area contributed by atoms with Crippen molar-refractivity contribution in [2.75, 3.05) is 20.3 Å². The molecular formula is C29H48O5. The van der Waals surface area contributed by atoms with Gasteiger partial charge in [0, 0.05) is 11.6 Å². The van der Waals surface area contributed by atoms with Crippen molar-refractivity contribution in [2.45, 2.75) is 117 Å². The molecule has 194 valence electrons. The van der Waals surface area contributed by atoms with Crippen molar-refractivity contribution in [1.29, 1.82) is 0 Å². The zero-order chi connectivity index (χ0) is 24.9. The van der Waals surface area contributed by atoms with Crippen LogP contribution in [0.1, 0.15) is 127 Å². The summed E-state index contributed by atoms with van der Waals surface area (Å²) in [5, 5.41) is 0. The minimum Gasteiger partial charge on any atom is -0.493 e. The summed E-state index contributed by atoms with van der Waals surface area (Å²) in [4.78, 5) is 24.1. The van der Waals surface area contributed by atoms with Crippen molar-refractivity contribution in [3.63, 3.8) is 0 Å². The Morgan fingerprint density at radius 2 is 0.971 bits per heavy atom. The second-order valence-electron chi connectivity index (χ2n) is 9.16. The summed E-state index contributed by atoms with van der Waals surface area (Å²) in [7, 11) is 1.21. The maximum Gasteiger partial charge on any atom is 0.379 e. The van der Waals surface area contributed by atoms with Crippen LogP contribution in [0.2, 0.25) is 0 Å². The van der Waals surface area contributed by atoms with Crippen LogP contribution in [0.25, 0.3) is 0 Å². The third-order valence-corrected chi connectivity index (χ3v) is 6.05. The second kappa shape index (κ2) is 20.3. The fraction of sp³-hybridized carbons (Fsp3) is 0.724. The fourth-order valence-corrected chi connectivity index (χ4v) is 3.93. The Labute approximate surface area is 207 Å². The van der Waals surface area contributed by atoms with Gasteiger partial charge in [-0.3, -0.25) is 4.79 Å². The Morgan fingerprint density at radius 3 is 1.35 bits per heavy atom. The number of rotatable bonds is 22. The lowest BCUT2D eigenvalue weighted by molar-refractivity contribution is -0.135. The average molecular weight is 477 g/mol. The van der Waals surface area contributed by atoms with E-state index in [-0.39, 0.29) is 5.56 Å². The summed E-state index contributed by atoms with van der Waals surface area (Å²) >= 11 is 0. The summed E-state index contributed by atoms with van der Waals surface area (Å²) in [6, 6.07) is 5.02. The first kappa shape index (κ1) is 30.0. The molecule has 0 aromatic heterocycles. The lowest BCUT2D eigenvalue weighted by atomic mass is 10.1. The molecule has 1 rings (SSSR count).